The molecular formula is C21H25N3O6S. The standard InChI is InChI=1S/C21H25N3O6S/c1-14(2)24-31(27,28)12-17-6-4-3-5-16(17)10-22-20(25)11-23-21(26)15-7-8-18-19(9-15)30-13-29-18/h3-9,14,24H,10-13H2,1-2H3,(H,22,25)(H,23,26). The Bertz CT molecular complexity index is 1070. The molecule has 0 aliphatic carbocycles. The van der Waals surface area contributed by atoms with Crippen molar-refractivity contribution >= 4 is 21.8 Å². The van der Waals surface area contributed by atoms with Crippen molar-refractivity contribution in [1.82, 2.24) is 15.4 Å². The Kier molecular flexibility index (Phi) is 7.13. The van der Waals surface area contributed by atoms with Crippen LogP contribution in [0.25, 0.3) is 0 Å². The number of sulfonamides is 1. The van der Waals surface area contributed by atoms with E-state index in [9.17, 15) is 18.0 Å². The fourth-order valence-corrected chi connectivity index (χ4v) is 4.53. The lowest BCUT2D eigenvalue weighted by Gasteiger charge is -2.13. The molecule has 0 saturated heterocycles. The van der Waals surface area contributed by atoms with Gasteiger partial charge in [0.2, 0.25) is 22.7 Å². The number of fused-ring (bicyclic) bond motifs is 1. The minimum absolute atomic E-state index is 0.110. The van der Waals surface area contributed by atoms with Crippen molar-refractivity contribution in [3.63, 3.8) is 0 Å². The van der Waals surface area contributed by atoms with Gasteiger partial charge in [-0.05, 0) is 43.2 Å². The molecule has 2 amide bonds. The summed E-state index contributed by atoms with van der Waals surface area (Å²) in [6, 6.07) is 11.6. The van der Waals surface area contributed by atoms with Crippen LogP contribution < -0.4 is 24.8 Å². The summed E-state index contributed by atoms with van der Waals surface area (Å²) in [7, 11) is -3.49. The van der Waals surface area contributed by atoms with Gasteiger partial charge in [-0.1, -0.05) is 24.3 Å². The molecule has 0 unspecified atom stereocenters. The minimum Gasteiger partial charge on any atom is -0.454 e. The van der Waals surface area contributed by atoms with E-state index in [1.165, 1.54) is 0 Å². The molecule has 3 rings (SSSR count). The third-order valence-corrected chi connectivity index (χ3v) is 5.92. The summed E-state index contributed by atoms with van der Waals surface area (Å²) in [6.07, 6.45) is 0. The number of benzene rings is 2. The largest absolute Gasteiger partial charge is 0.454 e. The van der Waals surface area contributed by atoms with Gasteiger partial charge in [-0.3, -0.25) is 9.59 Å². The summed E-state index contributed by atoms with van der Waals surface area (Å²) >= 11 is 0. The van der Waals surface area contributed by atoms with Crippen LogP contribution in [-0.4, -0.2) is 39.6 Å². The zero-order valence-corrected chi connectivity index (χ0v) is 18.1. The highest BCUT2D eigenvalue weighted by molar-refractivity contribution is 7.88. The van der Waals surface area contributed by atoms with Crippen LogP contribution in [0.3, 0.4) is 0 Å². The third kappa shape index (κ3) is 6.43. The lowest BCUT2D eigenvalue weighted by molar-refractivity contribution is -0.120. The number of rotatable bonds is 9. The zero-order chi connectivity index (χ0) is 22.4. The second-order valence-corrected chi connectivity index (χ2v) is 9.08. The van der Waals surface area contributed by atoms with Gasteiger partial charge in [0.05, 0.1) is 12.3 Å². The second-order valence-electron chi connectivity index (χ2n) is 7.33. The molecule has 0 bridgehead atoms. The number of carbonyl (C=O) groups excluding carboxylic acids is 2. The summed E-state index contributed by atoms with van der Waals surface area (Å²) in [5.74, 6) is 0.0545. The normalized spacial score (nSPS) is 12.6. The van der Waals surface area contributed by atoms with E-state index in [0.717, 1.165) is 0 Å². The molecule has 2 aromatic rings. The Labute approximate surface area is 181 Å². The predicted molar refractivity (Wildman–Crippen MR) is 114 cm³/mol. The Hall–Kier alpha value is -3.11. The summed E-state index contributed by atoms with van der Waals surface area (Å²) in [5.41, 5.74) is 1.64. The van der Waals surface area contributed by atoms with Crippen molar-refractivity contribution in [2.75, 3.05) is 13.3 Å². The van der Waals surface area contributed by atoms with E-state index in [-0.39, 0.29) is 31.7 Å². The van der Waals surface area contributed by atoms with Gasteiger partial charge in [0, 0.05) is 18.2 Å². The zero-order valence-electron chi connectivity index (χ0n) is 17.3. The Balaban J connectivity index is 1.52. The highest BCUT2D eigenvalue weighted by atomic mass is 32.2. The number of nitrogens with one attached hydrogen (secondary N) is 3. The van der Waals surface area contributed by atoms with E-state index < -0.39 is 21.8 Å². The van der Waals surface area contributed by atoms with Crippen LogP contribution >= 0.6 is 0 Å². The molecule has 3 N–H and O–H groups in total. The Morgan fingerprint density at radius 2 is 1.71 bits per heavy atom. The lowest BCUT2D eigenvalue weighted by Crippen LogP contribution is -2.37. The maximum atomic E-state index is 12.3. The highest BCUT2D eigenvalue weighted by Crippen LogP contribution is 2.32. The van der Waals surface area contributed by atoms with Gasteiger partial charge >= 0.3 is 0 Å². The van der Waals surface area contributed by atoms with Gasteiger partial charge < -0.3 is 20.1 Å². The first-order chi connectivity index (χ1) is 14.7. The van der Waals surface area contributed by atoms with Gasteiger partial charge in [-0.15, -0.1) is 0 Å². The van der Waals surface area contributed by atoms with Crippen LogP contribution in [0.2, 0.25) is 0 Å². The molecular weight excluding hydrogens is 422 g/mol. The summed E-state index contributed by atoms with van der Waals surface area (Å²) in [5, 5.41) is 5.25. The maximum Gasteiger partial charge on any atom is 0.251 e. The molecule has 0 aromatic heterocycles. The average Bonchev–Trinajstić information content (AvgIpc) is 3.18. The summed E-state index contributed by atoms with van der Waals surface area (Å²) < 4.78 is 37.4. The maximum absolute atomic E-state index is 12.3. The first-order valence-corrected chi connectivity index (χ1v) is 11.4. The number of carbonyl (C=O) groups is 2. The molecule has 1 aliphatic rings. The molecule has 10 heteroatoms. The molecule has 0 atom stereocenters. The van der Waals surface area contributed by atoms with Crippen molar-refractivity contribution in [3.05, 3.63) is 59.2 Å². The molecule has 9 nitrogen and oxygen atoms in total. The van der Waals surface area contributed by atoms with Gasteiger partial charge in [0.25, 0.3) is 5.91 Å². The van der Waals surface area contributed by atoms with E-state index in [2.05, 4.69) is 15.4 Å². The van der Waals surface area contributed by atoms with E-state index >= 15 is 0 Å². The Morgan fingerprint density at radius 3 is 2.45 bits per heavy atom. The molecule has 0 spiro atoms. The first-order valence-electron chi connectivity index (χ1n) is 9.75. The summed E-state index contributed by atoms with van der Waals surface area (Å²) in [6.45, 7) is 3.54. The molecule has 1 aliphatic heterocycles. The quantitative estimate of drug-likeness (QED) is 0.532. The van der Waals surface area contributed by atoms with E-state index in [1.807, 2.05) is 0 Å². The first kappa shape index (κ1) is 22.6. The van der Waals surface area contributed by atoms with Gasteiger partial charge in [0.1, 0.15) is 0 Å². The number of hydrogen-bond acceptors (Lipinski definition) is 6. The van der Waals surface area contributed by atoms with Crippen molar-refractivity contribution < 1.29 is 27.5 Å². The fraction of sp³-hybridized carbons (Fsp3) is 0.333. The molecule has 31 heavy (non-hydrogen) atoms. The van der Waals surface area contributed by atoms with Crippen LogP contribution in [-0.2, 0) is 27.1 Å². The highest BCUT2D eigenvalue weighted by Gasteiger charge is 2.17. The van der Waals surface area contributed by atoms with Crippen molar-refractivity contribution in [2.24, 2.45) is 0 Å². The number of amides is 2. The van der Waals surface area contributed by atoms with Crippen LogP contribution in [0.15, 0.2) is 42.5 Å². The smallest absolute Gasteiger partial charge is 0.251 e. The number of ether oxygens (including phenoxy) is 2. The van der Waals surface area contributed by atoms with Gasteiger partial charge in [0.15, 0.2) is 11.5 Å². The van der Waals surface area contributed by atoms with E-state index in [1.54, 1.807) is 56.3 Å². The van der Waals surface area contributed by atoms with E-state index in [4.69, 9.17) is 9.47 Å². The molecule has 0 radical (unpaired) electrons. The van der Waals surface area contributed by atoms with Crippen molar-refractivity contribution in [2.45, 2.75) is 32.2 Å². The SMILES string of the molecule is CC(C)NS(=O)(=O)Cc1ccccc1CNC(=O)CNC(=O)c1ccc2c(c1)OCO2. The Morgan fingerprint density at radius 1 is 1.00 bits per heavy atom. The van der Waals surface area contributed by atoms with Gasteiger partial charge in [-0.2, -0.15) is 0 Å². The van der Waals surface area contributed by atoms with E-state index in [0.29, 0.717) is 28.2 Å². The van der Waals surface area contributed by atoms with Crippen LogP contribution in [0.4, 0.5) is 0 Å². The molecule has 166 valence electrons. The molecule has 2 aromatic carbocycles. The average molecular weight is 448 g/mol. The molecule has 0 fully saturated rings. The van der Waals surface area contributed by atoms with Crippen molar-refractivity contribution in [3.8, 4) is 11.5 Å². The van der Waals surface area contributed by atoms with Crippen LogP contribution in [0, 0.1) is 0 Å². The van der Waals surface area contributed by atoms with Crippen molar-refractivity contribution in [1.29, 1.82) is 0 Å². The summed E-state index contributed by atoms with van der Waals surface area (Å²) in [4.78, 5) is 24.4. The lowest BCUT2D eigenvalue weighted by atomic mass is 10.1. The fourth-order valence-electron chi connectivity index (χ4n) is 3.03. The number of hydrogen-bond donors (Lipinski definition) is 3. The minimum atomic E-state index is -3.49. The van der Waals surface area contributed by atoms with Gasteiger partial charge in [-0.25, -0.2) is 13.1 Å². The van der Waals surface area contributed by atoms with Crippen LogP contribution in [0.1, 0.15) is 35.3 Å². The predicted octanol–water partition coefficient (Wildman–Crippen LogP) is 1.29. The molecule has 0 saturated carbocycles. The molecule has 1 heterocycles. The van der Waals surface area contributed by atoms with Crippen LogP contribution in [0.5, 0.6) is 11.5 Å². The second kappa shape index (κ2) is 9.80. The topological polar surface area (TPSA) is 123 Å². The monoisotopic (exact) mass is 447 g/mol. The third-order valence-electron chi connectivity index (χ3n) is 4.40.